The van der Waals surface area contributed by atoms with Crippen LogP contribution in [0.5, 0.6) is 11.5 Å². The summed E-state index contributed by atoms with van der Waals surface area (Å²) in [7, 11) is 0. The Labute approximate surface area is 120 Å². The van der Waals surface area contributed by atoms with Crippen molar-refractivity contribution in [3.63, 3.8) is 0 Å². The van der Waals surface area contributed by atoms with Crippen LogP contribution in [0.1, 0.15) is 31.2 Å². The molecule has 2 aliphatic heterocycles. The summed E-state index contributed by atoms with van der Waals surface area (Å²) in [5, 5.41) is 3.74. The van der Waals surface area contributed by atoms with Gasteiger partial charge in [-0.15, -0.1) is 0 Å². The van der Waals surface area contributed by atoms with Crippen molar-refractivity contribution in [2.24, 2.45) is 0 Å². The highest BCUT2D eigenvalue weighted by Gasteiger charge is 2.29. The molecule has 0 atom stereocenters. The molecule has 0 spiro atoms. The Kier molecular flexibility index (Phi) is 2.99. The highest BCUT2D eigenvalue weighted by molar-refractivity contribution is 5.68. The fourth-order valence-electron chi connectivity index (χ4n) is 3.24. The third kappa shape index (κ3) is 2.22. The largest absolute Gasteiger partial charge is 0.453 e. The molecule has 1 aromatic carbocycles. The predicted octanol–water partition coefficient (Wildman–Crippen LogP) is 2.44. The highest BCUT2D eigenvalue weighted by Crippen LogP contribution is 2.44. The monoisotopic (exact) mass is 274 g/mol. The summed E-state index contributed by atoms with van der Waals surface area (Å²) < 4.78 is 11.3. The molecule has 2 heterocycles. The zero-order valence-electron chi connectivity index (χ0n) is 12.0. The summed E-state index contributed by atoms with van der Waals surface area (Å²) in [5.74, 6) is 1.87. The third-order valence-electron chi connectivity index (χ3n) is 4.58. The molecular formula is C16H22N2O2. The number of hydrogen-bond donors (Lipinski definition) is 1. The minimum absolute atomic E-state index is 0.354. The maximum Gasteiger partial charge on any atom is 0.231 e. The highest BCUT2D eigenvalue weighted by atomic mass is 16.7. The number of ether oxygens (including phenoxy) is 2. The lowest BCUT2D eigenvalue weighted by Crippen LogP contribution is -2.43. The smallest absolute Gasteiger partial charge is 0.231 e. The number of benzene rings is 1. The summed E-state index contributed by atoms with van der Waals surface area (Å²) >= 11 is 0. The van der Waals surface area contributed by atoms with Crippen LogP contribution in [0.3, 0.4) is 0 Å². The summed E-state index contributed by atoms with van der Waals surface area (Å²) in [6.07, 6.45) is 5.19. The zero-order chi connectivity index (χ0) is 13.5. The van der Waals surface area contributed by atoms with E-state index in [0.717, 1.165) is 36.2 Å². The van der Waals surface area contributed by atoms with Crippen molar-refractivity contribution in [3.8, 4) is 11.5 Å². The second-order valence-corrected chi connectivity index (χ2v) is 6.17. The maximum atomic E-state index is 5.69. The van der Waals surface area contributed by atoms with Crippen molar-refractivity contribution < 1.29 is 9.47 Å². The van der Waals surface area contributed by atoms with Crippen LogP contribution >= 0.6 is 0 Å². The minimum atomic E-state index is 0.354. The molecule has 1 saturated carbocycles. The van der Waals surface area contributed by atoms with Gasteiger partial charge in [-0.2, -0.15) is 0 Å². The molecular weight excluding hydrogens is 252 g/mol. The van der Waals surface area contributed by atoms with Gasteiger partial charge < -0.3 is 19.7 Å². The molecule has 4 heteroatoms. The Balaban J connectivity index is 1.47. The summed E-state index contributed by atoms with van der Waals surface area (Å²) in [5.41, 5.74) is 2.36. The fourth-order valence-corrected chi connectivity index (χ4v) is 3.24. The first-order valence-corrected chi connectivity index (χ1v) is 7.71. The van der Waals surface area contributed by atoms with Crippen molar-refractivity contribution >= 4 is 5.69 Å². The number of anilines is 1. The molecule has 2 fully saturated rings. The number of hydrogen-bond acceptors (Lipinski definition) is 4. The van der Waals surface area contributed by atoms with Crippen LogP contribution in [0.15, 0.2) is 12.1 Å². The molecule has 4 nitrogen and oxygen atoms in total. The van der Waals surface area contributed by atoms with Gasteiger partial charge in [-0.05, 0) is 44.2 Å². The third-order valence-corrected chi connectivity index (χ3v) is 4.58. The van der Waals surface area contributed by atoms with E-state index in [1.54, 1.807) is 0 Å². The topological polar surface area (TPSA) is 33.7 Å². The molecule has 3 aliphatic rings. The summed E-state index contributed by atoms with van der Waals surface area (Å²) in [6.45, 7) is 4.63. The van der Waals surface area contributed by atoms with Gasteiger partial charge in [-0.3, -0.25) is 0 Å². The molecule has 108 valence electrons. The molecule has 0 unspecified atom stereocenters. The lowest BCUT2D eigenvalue weighted by molar-refractivity contribution is 0.173. The van der Waals surface area contributed by atoms with Gasteiger partial charge in [0.15, 0.2) is 11.5 Å². The first kappa shape index (κ1) is 12.3. The first-order chi connectivity index (χ1) is 9.81. The van der Waals surface area contributed by atoms with Crippen LogP contribution in [0.2, 0.25) is 0 Å². The van der Waals surface area contributed by atoms with Crippen molar-refractivity contribution in [2.45, 2.75) is 44.7 Å². The van der Waals surface area contributed by atoms with E-state index < -0.39 is 0 Å². The number of fused-ring (bicyclic) bond motifs is 1. The normalized spacial score (nSPS) is 22.4. The molecule has 0 amide bonds. The van der Waals surface area contributed by atoms with Crippen molar-refractivity contribution in [2.75, 3.05) is 24.8 Å². The predicted molar refractivity (Wildman–Crippen MR) is 78.7 cm³/mol. The number of aryl methyl sites for hydroxylation is 1. The number of nitrogens with one attached hydrogen (secondary N) is 1. The van der Waals surface area contributed by atoms with Crippen LogP contribution in [-0.2, 0) is 0 Å². The Morgan fingerprint density at radius 3 is 2.45 bits per heavy atom. The standard InChI is InChI=1S/C16H22N2O2/c1-11-2-5-14(16-15(11)19-10-20-16)18-8-6-13(7-9-18)17-12-3-4-12/h2,5,12-13,17H,3-4,6-10H2,1H3. The van der Waals surface area contributed by atoms with Crippen LogP contribution in [0, 0.1) is 6.92 Å². The molecule has 1 N–H and O–H groups in total. The van der Waals surface area contributed by atoms with E-state index in [4.69, 9.17) is 9.47 Å². The van der Waals surface area contributed by atoms with Gasteiger partial charge in [0.25, 0.3) is 0 Å². The summed E-state index contributed by atoms with van der Waals surface area (Å²) in [4.78, 5) is 2.44. The fraction of sp³-hybridized carbons (Fsp3) is 0.625. The zero-order valence-corrected chi connectivity index (χ0v) is 12.0. The molecule has 1 saturated heterocycles. The number of nitrogens with zero attached hydrogens (tertiary/aromatic N) is 1. The average Bonchev–Trinajstić information content (AvgIpc) is 3.13. The van der Waals surface area contributed by atoms with E-state index in [9.17, 15) is 0 Å². The van der Waals surface area contributed by atoms with Crippen molar-refractivity contribution in [1.82, 2.24) is 5.32 Å². The minimum Gasteiger partial charge on any atom is -0.453 e. The number of rotatable bonds is 3. The first-order valence-electron chi connectivity index (χ1n) is 7.71. The lowest BCUT2D eigenvalue weighted by Gasteiger charge is -2.34. The molecule has 4 rings (SSSR count). The second kappa shape index (κ2) is 4.85. The van der Waals surface area contributed by atoms with Gasteiger partial charge >= 0.3 is 0 Å². The Morgan fingerprint density at radius 2 is 1.70 bits per heavy atom. The van der Waals surface area contributed by atoms with Crippen LogP contribution < -0.4 is 19.7 Å². The Hall–Kier alpha value is -1.42. The molecule has 20 heavy (non-hydrogen) atoms. The van der Waals surface area contributed by atoms with E-state index in [0.29, 0.717) is 12.8 Å². The molecule has 0 radical (unpaired) electrons. The van der Waals surface area contributed by atoms with Gasteiger partial charge in [0.05, 0.1) is 5.69 Å². The van der Waals surface area contributed by atoms with Gasteiger partial charge in [0, 0.05) is 25.2 Å². The van der Waals surface area contributed by atoms with Crippen molar-refractivity contribution in [3.05, 3.63) is 17.7 Å². The van der Waals surface area contributed by atoms with E-state index in [1.165, 1.54) is 31.4 Å². The second-order valence-electron chi connectivity index (χ2n) is 6.17. The molecule has 1 aromatic rings. The van der Waals surface area contributed by atoms with E-state index >= 15 is 0 Å². The van der Waals surface area contributed by atoms with Gasteiger partial charge in [0.2, 0.25) is 6.79 Å². The van der Waals surface area contributed by atoms with Crippen LogP contribution in [-0.4, -0.2) is 32.0 Å². The van der Waals surface area contributed by atoms with Crippen LogP contribution in [0.25, 0.3) is 0 Å². The van der Waals surface area contributed by atoms with Gasteiger partial charge in [-0.1, -0.05) is 6.07 Å². The summed E-state index contributed by atoms with van der Waals surface area (Å²) in [6, 6.07) is 5.83. The van der Waals surface area contributed by atoms with E-state index in [2.05, 4.69) is 29.3 Å². The lowest BCUT2D eigenvalue weighted by atomic mass is 10.0. The Morgan fingerprint density at radius 1 is 1.00 bits per heavy atom. The maximum absolute atomic E-state index is 5.69. The quantitative estimate of drug-likeness (QED) is 0.918. The molecule has 0 aromatic heterocycles. The van der Waals surface area contributed by atoms with Gasteiger partial charge in [0.1, 0.15) is 0 Å². The molecule has 1 aliphatic carbocycles. The van der Waals surface area contributed by atoms with Crippen molar-refractivity contribution in [1.29, 1.82) is 0 Å². The SMILES string of the molecule is Cc1ccc(N2CCC(NC3CC3)CC2)c2c1OCO2. The van der Waals surface area contributed by atoms with Gasteiger partial charge in [-0.25, -0.2) is 0 Å². The van der Waals surface area contributed by atoms with E-state index in [1.807, 2.05) is 0 Å². The molecule has 0 bridgehead atoms. The Bertz CT molecular complexity index is 505. The average molecular weight is 274 g/mol. The van der Waals surface area contributed by atoms with Crippen LogP contribution in [0.4, 0.5) is 5.69 Å². The van der Waals surface area contributed by atoms with E-state index in [-0.39, 0.29) is 0 Å². The number of piperidine rings is 1.